The molecule has 3 N–H and O–H groups in total. The number of nitrogens with two attached hydrogens (primary N) is 1. The van der Waals surface area contributed by atoms with Gasteiger partial charge in [-0.15, -0.1) is 0 Å². The maximum absolute atomic E-state index is 11.2. The first-order valence-corrected chi connectivity index (χ1v) is 6.46. The summed E-state index contributed by atoms with van der Waals surface area (Å²) in [4.78, 5) is 34.5. The topological polar surface area (TPSA) is 127 Å². The lowest BCUT2D eigenvalue weighted by Crippen LogP contribution is -2.38. The van der Waals surface area contributed by atoms with Crippen molar-refractivity contribution in [3.05, 3.63) is 33.9 Å². The number of aromatic carboxylic acids is 1. The first kappa shape index (κ1) is 14.8. The molecule has 21 heavy (non-hydrogen) atoms. The molecule has 0 aromatic heterocycles. The average molecular weight is 293 g/mol. The van der Waals surface area contributed by atoms with Gasteiger partial charge >= 0.3 is 11.7 Å². The Balaban J connectivity index is 2.33. The molecule has 1 aromatic carbocycles. The largest absolute Gasteiger partial charge is 0.477 e. The number of carbonyl (C=O) groups is 2. The first-order valence-electron chi connectivity index (χ1n) is 6.46. The Labute approximate surface area is 120 Å². The van der Waals surface area contributed by atoms with E-state index in [2.05, 4.69) is 0 Å². The lowest BCUT2D eigenvalue weighted by atomic mass is 9.95. The average Bonchev–Trinajstić information content (AvgIpc) is 2.46. The van der Waals surface area contributed by atoms with E-state index < -0.39 is 16.6 Å². The number of carboxylic acids is 1. The molecule has 0 aliphatic carbocycles. The highest BCUT2D eigenvalue weighted by molar-refractivity contribution is 5.95. The van der Waals surface area contributed by atoms with E-state index in [-0.39, 0.29) is 23.1 Å². The van der Waals surface area contributed by atoms with Gasteiger partial charge in [-0.05, 0) is 25.0 Å². The number of hydrogen-bond donors (Lipinski definition) is 2. The minimum Gasteiger partial charge on any atom is -0.477 e. The van der Waals surface area contributed by atoms with E-state index in [1.54, 1.807) is 4.90 Å². The summed E-state index contributed by atoms with van der Waals surface area (Å²) in [6, 6.07) is 4.21. The van der Waals surface area contributed by atoms with E-state index >= 15 is 0 Å². The molecular weight excluding hydrogens is 278 g/mol. The fourth-order valence-electron chi connectivity index (χ4n) is 2.56. The van der Waals surface area contributed by atoms with Crippen LogP contribution in [0.2, 0.25) is 0 Å². The minimum absolute atomic E-state index is 0.233. The SMILES string of the molecule is NC(=O)C1CCN(c2cccc(C(=O)O)c2[N+](=O)[O-])CC1. The lowest BCUT2D eigenvalue weighted by Gasteiger charge is -2.32. The number of anilines is 1. The first-order chi connectivity index (χ1) is 9.91. The Hall–Kier alpha value is -2.64. The number of amides is 1. The summed E-state index contributed by atoms with van der Waals surface area (Å²) in [6.07, 6.45) is 1.01. The van der Waals surface area contributed by atoms with Gasteiger partial charge in [-0.25, -0.2) is 4.79 Å². The number of piperidine rings is 1. The predicted molar refractivity (Wildman–Crippen MR) is 74.2 cm³/mol. The zero-order valence-electron chi connectivity index (χ0n) is 11.2. The van der Waals surface area contributed by atoms with Gasteiger partial charge in [0.1, 0.15) is 11.3 Å². The van der Waals surface area contributed by atoms with E-state index in [0.717, 1.165) is 0 Å². The van der Waals surface area contributed by atoms with Gasteiger partial charge in [0.25, 0.3) is 0 Å². The van der Waals surface area contributed by atoms with Crippen LogP contribution in [0.4, 0.5) is 11.4 Å². The number of nitrogens with zero attached hydrogens (tertiary/aromatic N) is 2. The van der Waals surface area contributed by atoms with Gasteiger partial charge in [0.2, 0.25) is 5.91 Å². The molecular formula is C13H15N3O5. The normalized spacial score (nSPS) is 15.7. The lowest BCUT2D eigenvalue weighted by molar-refractivity contribution is -0.384. The summed E-state index contributed by atoms with van der Waals surface area (Å²) in [6.45, 7) is 0.856. The number of para-hydroxylation sites is 1. The molecule has 1 saturated heterocycles. The Morgan fingerprint density at radius 2 is 1.95 bits per heavy atom. The zero-order valence-corrected chi connectivity index (χ0v) is 11.2. The molecule has 112 valence electrons. The molecule has 0 saturated carbocycles. The number of benzene rings is 1. The summed E-state index contributed by atoms with van der Waals surface area (Å²) in [5.74, 6) is -1.94. The van der Waals surface area contributed by atoms with Crippen molar-refractivity contribution in [1.82, 2.24) is 0 Å². The second-order valence-corrected chi connectivity index (χ2v) is 4.90. The van der Waals surface area contributed by atoms with Crippen molar-refractivity contribution < 1.29 is 19.6 Å². The van der Waals surface area contributed by atoms with Crippen LogP contribution in [0.25, 0.3) is 0 Å². The van der Waals surface area contributed by atoms with Crippen molar-refractivity contribution in [1.29, 1.82) is 0 Å². The van der Waals surface area contributed by atoms with E-state index in [1.807, 2.05) is 0 Å². The maximum atomic E-state index is 11.2. The van der Waals surface area contributed by atoms with Crippen molar-refractivity contribution in [3.63, 3.8) is 0 Å². The van der Waals surface area contributed by atoms with Crippen molar-refractivity contribution >= 4 is 23.3 Å². The van der Waals surface area contributed by atoms with Gasteiger partial charge in [0.05, 0.1) is 4.92 Å². The van der Waals surface area contributed by atoms with Crippen LogP contribution in [0.3, 0.4) is 0 Å². The van der Waals surface area contributed by atoms with Crippen LogP contribution in [0.15, 0.2) is 18.2 Å². The van der Waals surface area contributed by atoms with Crippen LogP contribution >= 0.6 is 0 Å². The number of hydrogen-bond acceptors (Lipinski definition) is 5. The van der Waals surface area contributed by atoms with Crippen LogP contribution < -0.4 is 10.6 Å². The molecule has 1 aliphatic heterocycles. The highest BCUT2D eigenvalue weighted by Gasteiger charge is 2.30. The van der Waals surface area contributed by atoms with Gasteiger partial charge in [0.15, 0.2) is 0 Å². The van der Waals surface area contributed by atoms with Crippen LogP contribution in [0.5, 0.6) is 0 Å². The van der Waals surface area contributed by atoms with Crippen molar-refractivity contribution in [3.8, 4) is 0 Å². The maximum Gasteiger partial charge on any atom is 0.342 e. The van der Waals surface area contributed by atoms with Crippen molar-refractivity contribution in [2.24, 2.45) is 11.7 Å². The third-order valence-corrected chi connectivity index (χ3v) is 3.67. The van der Waals surface area contributed by atoms with E-state index in [0.29, 0.717) is 25.9 Å². The molecule has 1 fully saturated rings. The summed E-state index contributed by atoms with van der Waals surface area (Å²) >= 11 is 0. The molecule has 1 heterocycles. The van der Waals surface area contributed by atoms with Crippen molar-refractivity contribution in [2.75, 3.05) is 18.0 Å². The fraction of sp³-hybridized carbons (Fsp3) is 0.385. The van der Waals surface area contributed by atoms with Gasteiger partial charge in [-0.1, -0.05) is 6.07 Å². The van der Waals surface area contributed by atoms with E-state index in [1.165, 1.54) is 18.2 Å². The Morgan fingerprint density at radius 3 is 2.43 bits per heavy atom. The molecule has 0 unspecified atom stereocenters. The van der Waals surface area contributed by atoms with Gasteiger partial charge < -0.3 is 15.7 Å². The van der Waals surface area contributed by atoms with Gasteiger partial charge in [0, 0.05) is 19.0 Å². The summed E-state index contributed by atoms with van der Waals surface area (Å²) in [7, 11) is 0. The number of rotatable bonds is 4. The second kappa shape index (κ2) is 5.78. The van der Waals surface area contributed by atoms with E-state index in [9.17, 15) is 19.7 Å². The van der Waals surface area contributed by atoms with E-state index in [4.69, 9.17) is 10.8 Å². The van der Waals surface area contributed by atoms with Crippen molar-refractivity contribution in [2.45, 2.75) is 12.8 Å². The minimum atomic E-state index is -1.34. The monoisotopic (exact) mass is 293 g/mol. The van der Waals surface area contributed by atoms with Crippen LogP contribution in [-0.2, 0) is 4.79 Å². The highest BCUT2D eigenvalue weighted by atomic mass is 16.6. The number of carbonyl (C=O) groups excluding carboxylic acids is 1. The predicted octanol–water partition coefficient (Wildman–Crippen LogP) is 0.995. The Kier molecular flexibility index (Phi) is 4.06. The van der Waals surface area contributed by atoms with Gasteiger partial charge in [-0.3, -0.25) is 14.9 Å². The summed E-state index contributed by atoms with van der Waals surface area (Å²) < 4.78 is 0. The third kappa shape index (κ3) is 2.93. The van der Waals surface area contributed by atoms with Crippen LogP contribution in [0.1, 0.15) is 23.2 Å². The Bertz CT molecular complexity index is 593. The zero-order chi connectivity index (χ0) is 15.6. The molecule has 8 nitrogen and oxygen atoms in total. The summed E-state index contributed by atoms with van der Waals surface area (Å²) in [5.41, 5.74) is 4.76. The molecule has 0 bridgehead atoms. The second-order valence-electron chi connectivity index (χ2n) is 4.90. The quantitative estimate of drug-likeness (QED) is 0.629. The molecule has 1 amide bonds. The molecule has 0 atom stereocenters. The van der Waals surface area contributed by atoms with Crippen LogP contribution in [-0.4, -0.2) is 35.0 Å². The standard InChI is InChI=1S/C13H15N3O5/c14-12(17)8-4-6-15(7-5-8)10-3-1-2-9(13(18)19)11(10)16(20)21/h1-3,8H,4-7H2,(H2,14,17)(H,18,19). The van der Waals surface area contributed by atoms with Crippen LogP contribution in [0, 0.1) is 16.0 Å². The fourth-order valence-corrected chi connectivity index (χ4v) is 2.56. The number of nitro benzene ring substituents is 1. The molecule has 1 aliphatic rings. The Morgan fingerprint density at radius 1 is 1.33 bits per heavy atom. The molecule has 8 heteroatoms. The number of nitro groups is 1. The molecule has 2 rings (SSSR count). The van der Waals surface area contributed by atoms with Gasteiger partial charge in [-0.2, -0.15) is 0 Å². The number of carboxylic acid groups (broad SMARTS) is 1. The third-order valence-electron chi connectivity index (χ3n) is 3.67. The summed E-state index contributed by atoms with van der Waals surface area (Å²) in [5, 5.41) is 20.3. The molecule has 0 spiro atoms. The smallest absolute Gasteiger partial charge is 0.342 e. The number of primary amides is 1. The highest BCUT2D eigenvalue weighted by Crippen LogP contribution is 2.34. The molecule has 0 radical (unpaired) electrons. The molecule has 1 aromatic rings.